The van der Waals surface area contributed by atoms with Crippen molar-refractivity contribution in [2.75, 3.05) is 70.9 Å². The number of carbonyl (C=O) groups excluding carboxylic acids is 1. The van der Waals surface area contributed by atoms with Crippen LogP contribution in [0.1, 0.15) is 39.0 Å². The van der Waals surface area contributed by atoms with Crippen molar-refractivity contribution < 1.29 is 22.7 Å². The molecule has 0 spiro atoms. The highest BCUT2D eigenvalue weighted by Gasteiger charge is 2.43. The van der Waals surface area contributed by atoms with E-state index in [2.05, 4.69) is 19.8 Å². The minimum absolute atomic E-state index is 0.198. The Morgan fingerprint density at radius 2 is 1.78 bits per heavy atom. The quantitative estimate of drug-likeness (QED) is 0.525. The lowest BCUT2D eigenvalue weighted by molar-refractivity contribution is 0.0454. The maximum Gasteiger partial charge on any atom is 0.410 e. The number of anilines is 1. The minimum Gasteiger partial charge on any atom is -0.476 e. The molecule has 0 N–H and O–H groups in total. The second-order valence-corrected chi connectivity index (χ2v) is 13.1. The van der Waals surface area contributed by atoms with Crippen molar-refractivity contribution in [3.8, 4) is 5.88 Å². The second kappa shape index (κ2) is 10.3. The predicted molar refractivity (Wildman–Crippen MR) is 135 cm³/mol. The molecule has 1 aromatic rings. The third-order valence-electron chi connectivity index (χ3n) is 7.92. The van der Waals surface area contributed by atoms with E-state index in [4.69, 9.17) is 9.47 Å². The lowest BCUT2D eigenvalue weighted by atomic mass is 9.98. The summed E-state index contributed by atoms with van der Waals surface area (Å²) in [5.41, 5.74) is -0.241. The molecule has 3 saturated heterocycles. The summed E-state index contributed by atoms with van der Waals surface area (Å²) in [6, 6.07) is 0. The molecule has 12 heteroatoms. The summed E-state index contributed by atoms with van der Waals surface area (Å²) in [5.74, 6) is 1.52. The highest BCUT2D eigenvalue weighted by atomic mass is 32.2. The van der Waals surface area contributed by atoms with E-state index in [0.717, 1.165) is 32.2 Å². The van der Waals surface area contributed by atoms with Crippen LogP contribution in [0, 0.1) is 5.92 Å². The Kier molecular flexibility index (Phi) is 7.28. The van der Waals surface area contributed by atoms with Gasteiger partial charge in [0.05, 0.1) is 24.3 Å². The zero-order chi connectivity index (χ0) is 25.3. The van der Waals surface area contributed by atoms with Gasteiger partial charge in [-0.15, -0.1) is 0 Å². The number of nitrogens with zero attached hydrogens (tertiary/aromatic N) is 6. The molecule has 4 aliphatic rings. The molecular formula is C24H38N6O5S. The summed E-state index contributed by atoms with van der Waals surface area (Å²) in [7, 11) is -1.30. The van der Waals surface area contributed by atoms with Crippen molar-refractivity contribution in [2.24, 2.45) is 5.92 Å². The van der Waals surface area contributed by atoms with Gasteiger partial charge in [0.1, 0.15) is 5.60 Å². The van der Waals surface area contributed by atoms with Crippen molar-refractivity contribution in [2.45, 2.75) is 49.9 Å². The maximum atomic E-state index is 13.0. The van der Waals surface area contributed by atoms with Crippen LogP contribution < -0.4 is 9.64 Å². The number of hydrogen-bond acceptors (Lipinski definition) is 9. The third-order valence-corrected chi connectivity index (χ3v) is 10.2. The van der Waals surface area contributed by atoms with Crippen LogP contribution in [0.15, 0.2) is 12.4 Å². The molecule has 4 heterocycles. The van der Waals surface area contributed by atoms with E-state index in [-0.39, 0.29) is 16.9 Å². The zero-order valence-electron chi connectivity index (χ0n) is 21.3. The van der Waals surface area contributed by atoms with Gasteiger partial charge in [0.2, 0.25) is 15.9 Å². The van der Waals surface area contributed by atoms with Crippen molar-refractivity contribution in [1.29, 1.82) is 0 Å². The first-order valence-electron chi connectivity index (χ1n) is 13.1. The van der Waals surface area contributed by atoms with Crippen LogP contribution >= 0.6 is 0 Å². The van der Waals surface area contributed by atoms with E-state index in [1.54, 1.807) is 21.6 Å². The first-order valence-corrected chi connectivity index (χ1v) is 14.6. The zero-order valence-corrected chi connectivity index (χ0v) is 22.2. The Balaban J connectivity index is 1.07. The van der Waals surface area contributed by atoms with Crippen LogP contribution in [0.25, 0.3) is 0 Å². The van der Waals surface area contributed by atoms with Crippen LogP contribution in [-0.2, 0) is 14.8 Å². The van der Waals surface area contributed by atoms with Gasteiger partial charge in [-0.05, 0) is 58.5 Å². The van der Waals surface area contributed by atoms with Gasteiger partial charge < -0.3 is 24.2 Å². The highest BCUT2D eigenvalue weighted by Crippen LogP contribution is 2.39. The highest BCUT2D eigenvalue weighted by molar-refractivity contribution is 7.89. The molecule has 4 fully saturated rings. The summed E-state index contributed by atoms with van der Waals surface area (Å²) >= 11 is 0. The van der Waals surface area contributed by atoms with Gasteiger partial charge in [0.15, 0.2) is 5.82 Å². The molecule has 0 bridgehead atoms. The molecule has 5 rings (SSSR count). The number of sulfonamides is 1. The summed E-state index contributed by atoms with van der Waals surface area (Å²) in [6.45, 7) is 7.37. The molecule has 0 aromatic carbocycles. The first kappa shape index (κ1) is 25.5. The lowest BCUT2D eigenvalue weighted by Gasteiger charge is -2.35. The fourth-order valence-electron chi connectivity index (χ4n) is 5.12. The van der Waals surface area contributed by atoms with Crippen molar-refractivity contribution >= 4 is 21.9 Å². The summed E-state index contributed by atoms with van der Waals surface area (Å²) in [6.07, 6.45) is 7.46. The van der Waals surface area contributed by atoms with Crippen LogP contribution in [0.3, 0.4) is 0 Å². The summed E-state index contributed by atoms with van der Waals surface area (Å²) in [4.78, 5) is 27.2. The monoisotopic (exact) mass is 522 g/mol. The molecule has 200 valence electrons. The van der Waals surface area contributed by atoms with Crippen LogP contribution in [-0.4, -0.2) is 115 Å². The van der Waals surface area contributed by atoms with Crippen molar-refractivity contribution in [3.05, 3.63) is 12.4 Å². The molecule has 1 saturated carbocycles. The van der Waals surface area contributed by atoms with Gasteiger partial charge in [0, 0.05) is 45.8 Å². The number of piperazine rings is 1. The molecule has 1 aliphatic carbocycles. The molecule has 0 radical (unpaired) electrons. The van der Waals surface area contributed by atoms with Crippen LogP contribution in [0.4, 0.5) is 10.6 Å². The SMILES string of the molecule is CN1CC[C@@H](S(=O)(=O)N2CCN(c3cncc(OCC4CCN(C(=O)OC5(C)CC5)CC4)n3)CC2)C1. The smallest absolute Gasteiger partial charge is 0.410 e. The van der Waals surface area contributed by atoms with Gasteiger partial charge in [-0.1, -0.05) is 0 Å². The van der Waals surface area contributed by atoms with E-state index >= 15 is 0 Å². The van der Waals surface area contributed by atoms with Gasteiger partial charge >= 0.3 is 6.09 Å². The standard InChI is InChI=1S/C24H38N6O5S/c1-24(6-7-24)35-23(31)29-9-3-19(4-10-29)18-34-22-16-25-15-21(26-22)28-11-13-30(14-12-28)36(32,33)20-5-8-27(2)17-20/h15-16,19-20H,3-14,17-18H2,1-2H3/t20-/m1/s1. The van der Waals surface area contributed by atoms with Crippen molar-refractivity contribution in [1.82, 2.24) is 24.1 Å². The molecule has 1 aromatic heterocycles. The average Bonchev–Trinajstić information content (AvgIpc) is 3.43. The molecule has 0 unspecified atom stereocenters. The summed E-state index contributed by atoms with van der Waals surface area (Å²) in [5, 5.41) is -0.301. The molecule has 1 amide bonds. The molecule has 1 atom stereocenters. The van der Waals surface area contributed by atoms with Crippen molar-refractivity contribution in [3.63, 3.8) is 0 Å². The normalized spacial score (nSPS) is 25.7. The minimum atomic E-state index is -3.27. The lowest BCUT2D eigenvalue weighted by Crippen LogP contribution is -2.51. The molecule has 36 heavy (non-hydrogen) atoms. The number of carbonyl (C=O) groups is 1. The number of ether oxygens (including phenoxy) is 2. The maximum absolute atomic E-state index is 13.0. The van der Waals surface area contributed by atoms with E-state index in [1.165, 1.54) is 0 Å². The number of rotatable bonds is 7. The Morgan fingerprint density at radius 3 is 2.42 bits per heavy atom. The van der Waals surface area contributed by atoms with E-state index in [0.29, 0.717) is 76.5 Å². The Bertz CT molecular complexity index is 1040. The van der Waals surface area contributed by atoms with Crippen LogP contribution in [0.2, 0.25) is 0 Å². The Labute approximate surface area is 213 Å². The largest absolute Gasteiger partial charge is 0.476 e. The predicted octanol–water partition coefficient (Wildman–Crippen LogP) is 1.41. The molecule has 3 aliphatic heterocycles. The molecular weight excluding hydrogens is 484 g/mol. The van der Waals surface area contributed by atoms with Gasteiger partial charge in [-0.3, -0.25) is 4.98 Å². The Hall–Kier alpha value is -2.18. The average molecular weight is 523 g/mol. The number of likely N-dealkylation sites (tertiary alicyclic amines) is 2. The number of amides is 1. The Morgan fingerprint density at radius 1 is 1.06 bits per heavy atom. The fourth-order valence-corrected chi connectivity index (χ4v) is 7.06. The van der Waals surface area contributed by atoms with E-state index in [1.807, 2.05) is 14.0 Å². The number of aromatic nitrogens is 2. The van der Waals surface area contributed by atoms with E-state index in [9.17, 15) is 13.2 Å². The van der Waals surface area contributed by atoms with E-state index < -0.39 is 10.0 Å². The summed E-state index contributed by atoms with van der Waals surface area (Å²) < 4.78 is 39.2. The third kappa shape index (κ3) is 5.86. The van der Waals surface area contributed by atoms with Gasteiger partial charge in [0.25, 0.3) is 0 Å². The fraction of sp³-hybridized carbons (Fsp3) is 0.792. The first-order chi connectivity index (χ1) is 17.2. The molecule has 11 nitrogen and oxygen atoms in total. The number of hydrogen-bond donors (Lipinski definition) is 0. The van der Waals surface area contributed by atoms with Gasteiger partial charge in [-0.25, -0.2) is 13.2 Å². The topological polar surface area (TPSA) is 108 Å². The van der Waals surface area contributed by atoms with Crippen LogP contribution in [0.5, 0.6) is 5.88 Å². The second-order valence-electron chi connectivity index (χ2n) is 10.9. The van der Waals surface area contributed by atoms with Gasteiger partial charge in [-0.2, -0.15) is 9.29 Å². The number of piperidine rings is 1.